The Bertz CT molecular complexity index is 449. The number of hydrogen-bond acceptors (Lipinski definition) is 3. The molecule has 0 saturated heterocycles. The van der Waals surface area contributed by atoms with Gasteiger partial charge in [0, 0.05) is 12.4 Å². The maximum Gasteiger partial charge on any atom is 0.326 e. The summed E-state index contributed by atoms with van der Waals surface area (Å²) in [6, 6.07) is 0.535. The summed E-state index contributed by atoms with van der Waals surface area (Å²) >= 11 is 5.82. The molecule has 18 heavy (non-hydrogen) atoms. The number of carbonyl (C=O) groups is 2. The molecule has 1 heterocycles. The molecule has 1 aromatic heterocycles. The van der Waals surface area contributed by atoms with Crippen LogP contribution < -0.4 is 5.32 Å². The van der Waals surface area contributed by atoms with E-state index in [0.717, 1.165) is 0 Å². The first-order valence-electron chi connectivity index (χ1n) is 5.55. The number of amides is 1. The quantitative estimate of drug-likeness (QED) is 0.857. The standard InChI is InChI=1S/C12H15ClN2O3/c1-7(2)5-10(12(17)18)15-11(16)8-3-4-14-6-9(8)13/h3-4,6-7,10H,5H2,1-2H3,(H,15,16)(H,17,18)/t10-/m1/s1. The Balaban J connectivity index is 2.79. The lowest BCUT2D eigenvalue weighted by molar-refractivity contribution is -0.139. The molecule has 6 heteroatoms. The van der Waals surface area contributed by atoms with E-state index in [4.69, 9.17) is 16.7 Å². The van der Waals surface area contributed by atoms with Crippen LogP contribution in [0.5, 0.6) is 0 Å². The number of pyridine rings is 1. The molecule has 98 valence electrons. The minimum absolute atomic E-state index is 0.166. The van der Waals surface area contributed by atoms with Gasteiger partial charge in [-0.05, 0) is 18.4 Å². The van der Waals surface area contributed by atoms with Crippen molar-refractivity contribution < 1.29 is 14.7 Å². The highest BCUT2D eigenvalue weighted by molar-refractivity contribution is 6.33. The molecule has 1 atom stereocenters. The SMILES string of the molecule is CC(C)C[C@@H](NC(=O)c1ccncc1Cl)C(=O)O. The van der Waals surface area contributed by atoms with Crippen molar-refractivity contribution in [3.05, 3.63) is 29.0 Å². The average molecular weight is 271 g/mol. The van der Waals surface area contributed by atoms with E-state index in [1.165, 1.54) is 18.5 Å². The molecule has 0 aliphatic carbocycles. The molecule has 0 unspecified atom stereocenters. The lowest BCUT2D eigenvalue weighted by Gasteiger charge is -2.16. The predicted octanol–water partition coefficient (Wildman–Crippen LogP) is 1.96. The van der Waals surface area contributed by atoms with Gasteiger partial charge in [-0.3, -0.25) is 9.78 Å². The van der Waals surface area contributed by atoms with Crippen molar-refractivity contribution in [2.45, 2.75) is 26.3 Å². The van der Waals surface area contributed by atoms with Crippen LogP contribution in [-0.2, 0) is 4.79 Å². The zero-order chi connectivity index (χ0) is 13.7. The van der Waals surface area contributed by atoms with Crippen molar-refractivity contribution in [1.29, 1.82) is 0 Å². The normalized spacial score (nSPS) is 12.2. The molecular weight excluding hydrogens is 256 g/mol. The Hall–Kier alpha value is -1.62. The first-order valence-corrected chi connectivity index (χ1v) is 5.92. The maximum atomic E-state index is 11.9. The van der Waals surface area contributed by atoms with Gasteiger partial charge in [0.2, 0.25) is 0 Å². The second-order valence-electron chi connectivity index (χ2n) is 4.35. The van der Waals surface area contributed by atoms with Gasteiger partial charge in [0.25, 0.3) is 5.91 Å². The van der Waals surface area contributed by atoms with Crippen LogP contribution in [0.25, 0.3) is 0 Å². The van der Waals surface area contributed by atoms with E-state index >= 15 is 0 Å². The lowest BCUT2D eigenvalue weighted by Crippen LogP contribution is -2.41. The molecule has 0 radical (unpaired) electrons. The minimum atomic E-state index is -1.05. The van der Waals surface area contributed by atoms with Gasteiger partial charge < -0.3 is 10.4 Å². The summed E-state index contributed by atoms with van der Waals surface area (Å²) in [6.45, 7) is 3.78. The molecule has 1 rings (SSSR count). The summed E-state index contributed by atoms with van der Waals surface area (Å²) in [5, 5.41) is 11.7. The van der Waals surface area contributed by atoms with Crippen molar-refractivity contribution >= 4 is 23.5 Å². The van der Waals surface area contributed by atoms with E-state index in [-0.39, 0.29) is 16.5 Å². The molecule has 2 N–H and O–H groups in total. The molecule has 0 saturated carbocycles. The van der Waals surface area contributed by atoms with Crippen LogP contribution in [0.2, 0.25) is 5.02 Å². The largest absolute Gasteiger partial charge is 0.480 e. The number of carbonyl (C=O) groups excluding carboxylic acids is 1. The molecule has 0 aliphatic rings. The Labute approximate surface area is 110 Å². The zero-order valence-corrected chi connectivity index (χ0v) is 10.9. The number of carboxylic acids is 1. The molecule has 0 fully saturated rings. The molecule has 0 spiro atoms. The first-order chi connectivity index (χ1) is 8.41. The van der Waals surface area contributed by atoms with E-state index in [1.807, 2.05) is 13.8 Å². The Morgan fingerprint density at radius 1 is 1.50 bits per heavy atom. The highest BCUT2D eigenvalue weighted by Gasteiger charge is 2.22. The van der Waals surface area contributed by atoms with Gasteiger partial charge in [0.15, 0.2) is 0 Å². The van der Waals surface area contributed by atoms with Crippen molar-refractivity contribution in [2.24, 2.45) is 5.92 Å². The number of hydrogen-bond donors (Lipinski definition) is 2. The summed E-state index contributed by atoms with van der Waals surface area (Å²) < 4.78 is 0. The van der Waals surface area contributed by atoms with Gasteiger partial charge in [-0.2, -0.15) is 0 Å². The topological polar surface area (TPSA) is 79.3 Å². The molecule has 1 aromatic rings. The number of halogens is 1. The highest BCUT2D eigenvalue weighted by Crippen LogP contribution is 2.14. The van der Waals surface area contributed by atoms with E-state index in [9.17, 15) is 9.59 Å². The summed E-state index contributed by atoms with van der Waals surface area (Å²) in [5.41, 5.74) is 0.224. The van der Waals surface area contributed by atoms with Crippen LogP contribution in [0.1, 0.15) is 30.6 Å². The fourth-order valence-corrected chi connectivity index (χ4v) is 1.69. The molecule has 0 aromatic carbocycles. The lowest BCUT2D eigenvalue weighted by atomic mass is 10.0. The number of aliphatic carboxylic acids is 1. The number of carboxylic acid groups (broad SMARTS) is 1. The van der Waals surface area contributed by atoms with Crippen LogP contribution in [-0.4, -0.2) is 28.0 Å². The predicted molar refractivity (Wildman–Crippen MR) is 67.6 cm³/mol. The van der Waals surface area contributed by atoms with Crippen molar-refractivity contribution in [2.75, 3.05) is 0 Å². The molecular formula is C12H15ClN2O3. The van der Waals surface area contributed by atoms with E-state index in [2.05, 4.69) is 10.3 Å². The Morgan fingerprint density at radius 3 is 2.67 bits per heavy atom. The number of nitrogens with one attached hydrogen (secondary N) is 1. The van der Waals surface area contributed by atoms with Crippen LogP contribution in [0.3, 0.4) is 0 Å². The van der Waals surface area contributed by atoms with Gasteiger partial charge >= 0.3 is 5.97 Å². The van der Waals surface area contributed by atoms with Gasteiger partial charge in [0.1, 0.15) is 6.04 Å². The van der Waals surface area contributed by atoms with Crippen molar-refractivity contribution in [1.82, 2.24) is 10.3 Å². The average Bonchev–Trinajstić information content (AvgIpc) is 2.27. The zero-order valence-electron chi connectivity index (χ0n) is 10.2. The molecule has 1 amide bonds. The van der Waals surface area contributed by atoms with Crippen LogP contribution in [0, 0.1) is 5.92 Å². The van der Waals surface area contributed by atoms with Gasteiger partial charge in [0.05, 0.1) is 10.6 Å². The summed E-state index contributed by atoms with van der Waals surface area (Å²) in [6.07, 6.45) is 3.14. The summed E-state index contributed by atoms with van der Waals surface area (Å²) in [7, 11) is 0. The third-order valence-electron chi connectivity index (χ3n) is 2.33. The number of nitrogens with zero attached hydrogens (tertiary/aromatic N) is 1. The fourth-order valence-electron chi connectivity index (χ4n) is 1.49. The van der Waals surface area contributed by atoms with Gasteiger partial charge in [-0.15, -0.1) is 0 Å². The third kappa shape index (κ3) is 4.00. The van der Waals surface area contributed by atoms with Crippen molar-refractivity contribution in [3.8, 4) is 0 Å². The second-order valence-corrected chi connectivity index (χ2v) is 4.76. The smallest absolute Gasteiger partial charge is 0.326 e. The van der Waals surface area contributed by atoms with Gasteiger partial charge in [-0.1, -0.05) is 25.4 Å². The molecule has 5 nitrogen and oxygen atoms in total. The first kappa shape index (κ1) is 14.4. The van der Waals surface area contributed by atoms with E-state index in [1.54, 1.807) is 0 Å². The Morgan fingerprint density at radius 2 is 2.17 bits per heavy atom. The van der Waals surface area contributed by atoms with Gasteiger partial charge in [-0.25, -0.2) is 4.79 Å². The fraction of sp³-hybridized carbons (Fsp3) is 0.417. The van der Waals surface area contributed by atoms with Crippen LogP contribution in [0.15, 0.2) is 18.5 Å². The van der Waals surface area contributed by atoms with Crippen LogP contribution >= 0.6 is 11.6 Å². The number of aromatic nitrogens is 1. The van der Waals surface area contributed by atoms with E-state index < -0.39 is 17.9 Å². The summed E-state index contributed by atoms with van der Waals surface area (Å²) in [5.74, 6) is -1.39. The maximum absolute atomic E-state index is 11.9. The monoisotopic (exact) mass is 270 g/mol. The molecule has 0 bridgehead atoms. The van der Waals surface area contributed by atoms with Crippen molar-refractivity contribution in [3.63, 3.8) is 0 Å². The Kier molecular flexibility index (Phi) is 5.09. The highest BCUT2D eigenvalue weighted by atomic mass is 35.5. The second kappa shape index (κ2) is 6.35. The van der Waals surface area contributed by atoms with Crippen LogP contribution in [0.4, 0.5) is 0 Å². The summed E-state index contributed by atoms with van der Waals surface area (Å²) in [4.78, 5) is 26.7. The minimum Gasteiger partial charge on any atom is -0.480 e. The molecule has 0 aliphatic heterocycles. The third-order valence-corrected chi connectivity index (χ3v) is 2.63. The van der Waals surface area contributed by atoms with E-state index in [0.29, 0.717) is 6.42 Å². The number of rotatable bonds is 5.